The fourth-order valence-corrected chi connectivity index (χ4v) is 1.20. The third-order valence-corrected chi connectivity index (χ3v) is 2.00. The Morgan fingerprint density at radius 3 is 3.09 bits per heavy atom. The van der Waals surface area contributed by atoms with Gasteiger partial charge in [0, 0.05) is 11.5 Å². The number of aliphatic hydroxyl groups excluding tert-OH is 1. The number of nitrogens with zero attached hydrogens (tertiary/aromatic N) is 2. The van der Waals surface area contributed by atoms with Crippen molar-refractivity contribution in [3.8, 4) is 0 Å². The lowest BCUT2D eigenvalue weighted by molar-refractivity contribution is 0.272. The summed E-state index contributed by atoms with van der Waals surface area (Å²) in [6.45, 7) is 2.14. The number of aliphatic hydroxyl groups is 1. The van der Waals surface area contributed by atoms with Crippen molar-refractivity contribution in [3.05, 3.63) is 6.33 Å². The van der Waals surface area contributed by atoms with E-state index in [1.165, 1.54) is 17.9 Å². The van der Waals surface area contributed by atoms with E-state index >= 15 is 0 Å². The molecule has 0 aromatic carbocycles. The smallest absolute Gasteiger partial charge is 0.202 e. The second-order valence-corrected chi connectivity index (χ2v) is 2.96. The number of hydrogen-bond donors (Lipinski definition) is 2. The first-order chi connectivity index (χ1) is 5.36. The molecule has 1 heterocycles. The molecule has 4 nitrogen and oxygen atoms in total. The molecule has 0 amide bonds. The minimum absolute atomic E-state index is 0.1000. The van der Waals surface area contributed by atoms with E-state index in [0.29, 0.717) is 0 Å². The standard InChI is InChI=1S/C6H11N3OS/c1-2-5(3-10)9-6-7-4-8-11-6/h4-5,10H,2-3H2,1H3,(H,7,8,9)/t5-/m0/s1. The van der Waals surface area contributed by atoms with E-state index in [1.54, 1.807) is 0 Å². The second kappa shape index (κ2) is 4.25. The van der Waals surface area contributed by atoms with Crippen LogP contribution in [0.5, 0.6) is 0 Å². The lowest BCUT2D eigenvalue weighted by Crippen LogP contribution is -2.22. The summed E-state index contributed by atoms with van der Waals surface area (Å²) in [5.41, 5.74) is 0. The third kappa shape index (κ3) is 2.44. The molecule has 2 N–H and O–H groups in total. The SMILES string of the molecule is CC[C@@H](CO)Nc1ncns1. The molecule has 0 radical (unpaired) electrons. The molecule has 0 aliphatic heterocycles. The van der Waals surface area contributed by atoms with Crippen molar-refractivity contribution >= 4 is 16.7 Å². The second-order valence-electron chi connectivity index (χ2n) is 2.18. The highest BCUT2D eigenvalue weighted by Gasteiger charge is 2.04. The molecule has 62 valence electrons. The van der Waals surface area contributed by atoms with Crippen molar-refractivity contribution in [1.29, 1.82) is 0 Å². The molecule has 0 saturated heterocycles. The van der Waals surface area contributed by atoms with E-state index in [1.807, 2.05) is 6.92 Å². The molecular weight excluding hydrogens is 162 g/mol. The molecule has 0 unspecified atom stereocenters. The number of anilines is 1. The number of aromatic nitrogens is 2. The van der Waals surface area contributed by atoms with E-state index in [9.17, 15) is 0 Å². The maximum absolute atomic E-state index is 8.82. The molecule has 5 heteroatoms. The van der Waals surface area contributed by atoms with Crippen LogP contribution in [0.4, 0.5) is 5.13 Å². The van der Waals surface area contributed by atoms with Gasteiger partial charge in [-0.3, -0.25) is 0 Å². The molecule has 0 aliphatic carbocycles. The van der Waals surface area contributed by atoms with Crippen LogP contribution in [0.1, 0.15) is 13.3 Å². The van der Waals surface area contributed by atoms with Gasteiger partial charge >= 0.3 is 0 Å². The largest absolute Gasteiger partial charge is 0.394 e. The van der Waals surface area contributed by atoms with Gasteiger partial charge in [0.25, 0.3) is 0 Å². The minimum atomic E-state index is 0.1000. The lowest BCUT2D eigenvalue weighted by atomic mass is 10.2. The van der Waals surface area contributed by atoms with Crippen molar-refractivity contribution in [3.63, 3.8) is 0 Å². The van der Waals surface area contributed by atoms with E-state index in [-0.39, 0.29) is 12.6 Å². The molecule has 1 rings (SSSR count). The Morgan fingerprint density at radius 1 is 1.82 bits per heavy atom. The van der Waals surface area contributed by atoms with E-state index in [4.69, 9.17) is 5.11 Å². The molecule has 0 bridgehead atoms. The average molecular weight is 173 g/mol. The first kappa shape index (κ1) is 8.42. The summed E-state index contributed by atoms with van der Waals surface area (Å²) in [5.74, 6) is 0. The molecule has 0 fully saturated rings. The summed E-state index contributed by atoms with van der Waals surface area (Å²) >= 11 is 1.30. The molecule has 0 aliphatic rings. The first-order valence-corrected chi connectivity index (χ1v) is 4.28. The van der Waals surface area contributed by atoms with Gasteiger partial charge < -0.3 is 10.4 Å². The Kier molecular flexibility index (Phi) is 3.25. The highest BCUT2D eigenvalue weighted by atomic mass is 32.1. The fourth-order valence-electron chi connectivity index (χ4n) is 0.688. The van der Waals surface area contributed by atoms with Crippen LogP contribution in [-0.2, 0) is 0 Å². The zero-order valence-corrected chi connectivity index (χ0v) is 7.14. The molecule has 1 atom stereocenters. The molecule has 1 aromatic rings. The average Bonchev–Trinajstić information content (AvgIpc) is 2.52. The summed E-state index contributed by atoms with van der Waals surface area (Å²) in [4.78, 5) is 3.94. The Bertz CT molecular complexity index is 186. The van der Waals surface area contributed by atoms with Gasteiger partial charge in [-0.1, -0.05) is 6.92 Å². The third-order valence-electron chi connectivity index (χ3n) is 1.40. The van der Waals surface area contributed by atoms with Crippen LogP contribution in [0.3, 0.4) is 0 Å². The van der Waals surface area contributed by atoms with Gasteiger partial charge in [0.1, 0.15) is 6.33 Å². The quantitative estimate of drug-likeness (QED) is 0.704. The van der Waals surface area contributed by atoms with Crippen LogP contribution < -0.4 is 5.32 Å². The summed E-state index contributed by atoms with van der Waals surface area (Å²) in [6.07, 6.45) is 2.38. The topological polar surface area (TPSA) is 58.0 Å². The van der Waals surface area contributed by atoms with Crippen molar-refractivity contribution in [2.24, 2.45) is 0 Å². The van der Waals surface area contributed by atoms with Crippen molar-refractivity contribution < 1.29 is 5.11 Å². The molecule has 0 saturated carbocycles. The summed E-state index contributed by atoms with van der Waals surface area (Å²) in [6, 6.07) is 0.1000. The van der Waals surface area contributed by atoms with Gasteiger partial charge in [0.2, 0.25) is 5.13 Å². The van der Waals surface area contributed by atoms with Crippen LogP contribution in [0, 0.1) is 0 Å². The van der Waals surface area contributed by atoms with Gasteiger partial charge in [0.15, 0.2) is 0 Å². The Balaban J connectivity index is 2.41. The molecule has 0 spiro atoms. The fraction of sp³-hybridized carbons (Fsp3) is 0.667. The summed E-state index contributed by atoms with van der Waals surface area (Å²) in [5, 5.41) is 12.6. The van der Waals surface area contributed by atoms with E-state index < -0.39 is 0 Å². The Labute approximate surface area is 69.5 Å². The van der Waals surface area contributed by atoms with Crippen LogP contribution in [0.15, 0.2) is 6.33 Å². The van der Waals surface area contributed by atoms with Crippen molar-refractivity contribution in [1.82, 2.24) is 9.36 Å². The van der Waals surface area contributed by atoms with Crippen LogP contribution >= 0.6 is 11.5 Å². The molecule has 11 heavy (non-hydrogen) atoms. The van der Waals surface area contributed by atoms with E-state index in [0.717, 1.165) is 11.6 Å². The zero-order chi connectivity index (χ0) is 8.10. The predicted molar refractivity (Wildman–Crippen MR) is 44.7 cm³/mol. The number of hydrogen-bond acceptors (Lipinski definition) is 5. The van der Waals surface area contributed by atoms with Gasteiger partial charge in [-0.25, -0.2) is 4.98 Å². The molecule has 1 aromatic heterocycles. The highest BCUT2D eigenvalue weighted by molar-refractivity contribution is 7.09. The first-order valence-electron chi connectivity index (χ1n) is 3.51. The maximum Gasteiger partial charge on any atom is 0.202 e. The monoisotopic (exact) mass is 173 g/mol. The zero-order valence-electron chi connectivity index (χ0n) is 6.32. The van der Waals surface area contributed by atoms with Gasteiger partial charge in [0.05, 0.1) is 12.6 Å². The van der Waals surface area contributed by atoms with Crippen molar-refractivity contribution in [2.75, 3.05) is 11.9 Å². The Morgan fingerprint density at radius 2 is 2.64 bits per heavy atom. The van der Waals surface area contributed by atoms with Crippen LogP contribution in [-0.4, -0.2) is 27.1 Å². The number of rotatable bonds is 4. The maximum atomic E-state index is 8.82. The van der Waals surface area contributed by atoms with E-state index in [2.05, 4.69) is 14.7 Å². The van der Waals surface area contributed by atoms with Gasteiger partial charge in [-0.2, -0.15) is 4.37 Å². The van der Waals surface area contributed by atoms with Crippen LogP contribution in [0.25, 0.3) is 0 Å². The molecular formula is C6H11N3OS. The highest BCUT2D eigenvalue weighted by Crippen LogP contribution is 2.09. The predicted octanol–water partition coefficient (Wildman–Crippen LogP) is 0.721. The van der Waals surface area contributed by atoms with Crippen molar-refractivity contribution in [2.45, 2.75) is 19.4 Å². The lowest BCUT2D eigenvalue weighted by Gasteiger charge is -2.11. The summed E-state index contributed by atoms with van der Waals surface area (Å²) in [7, 11) is 0. The minimum Gasteiger partial charge on any atom is -0.394 e. The van der Waals surface area contributed by atoms with Crippen LogP contribution in [0.2, 0.25) is 0 Å². The normalized spacial score (nSPS) is 12.9. The van der Waals surface area contributed by atoms with Gasteiger partial charge in [-0.05, 0) is 6.42 Å². The summed E-state index contributed by atoms with van der Waals surface area (Å²) < 4.78 is 3.83. The Hall–Kier alpha value is -0.680. The number of nitrogens with one attached hydrogen (secondary N) is 1. The van der Waals surface area contributed by atoms with Gasteiger partial charge in [-0.15, -0.1) is 0 Å².